The van der Waals surface area contributed by atoms with Gasteiger partial charge in [0.1, 0.15) is 0 Å². The van der Waals surface area contributed by atoms with E-state index in [4.69, 9.17) is 0 Å². The molecule has 0 spiro atoms. The molecule has 0 amide bonds. The Morgan fingerprint density at radius 2 is 1.08 bits per heavy atom. The first-order valence-corrected chi connectivity index (χ1v) is 10.8. The molecule has 26 heavy (non-hydrogen) atoms. The lowest BCUT2D eigenvalue weighted by atomic mass is 10.0. The fourth-order valence-corrected chi connectivity index (χ4v) is 4.36. The van der Waals surface area contributed by atoms with Crippen LogP contribution in [0.4, 0.5) is 0 Å². The number of benzene rings is 2. The summed E-state index contributed by atoms with van der Waals surface area (Å²) in [6, 6.07) is 18.6. The molecule has 140 valence electrons. The number of para-hydroxylation sites is 2. The minimum atomic E-state index is 0.633. The maximum atomic E-state index is 2.67. The second-order valence-electron chi connectivity index (χ2n) is 7.76. The van der Waals surface area contributed by atoms with Crippen molar-refractivity contribution in [1.82, 2.24) is 4.57 Å². The lowest BCUT2D eigenvalue weighted by Gasteiger charge is -2.22. The number of unbranched alkanes of at least 4 members (excludes halogenated alkanes) is 6. The molecule has 1 nitrogen and oxygen atoms in total. The van der Waals surface area contributed by atoms with Crippen LogP contribution in [0.2, 0.25) is 0 Å². The normalized spacial score (nSPS) is 11.8. The zero-order chi connectivity index (χ0) is 18.2. The number of hydrogen-bond acceptors (Lipinski definition) is 0. The van der Waals surface area contributed by atoms with Gasteiger partial charge in [-0.25, -0.2) is 0 Å². The molecule has 0 fully saturated rings. The van der Waals surface area contributed by atoms with Crippen molar-refractivity contribution in [1.29, 1.82) is 0 Å². The summed E-state index contributed by atoms with van der Waals surface area (Å²) in [6.07, 6.45) is 13.5. The summed E-state index contributed by atoms with van der Waals surface area (Å²) < 4.78 is 2.67. The highest BCUT2D eigenvalue weighted by atomic mass is 15.0. The Balaban J connectivity index is 1.92. The number of hydrogen-bond donors (Lipinski definition) is 0. The first kappa shape index (κ1) is 19.0. The fourth-order valence-electron chi connectivity index (χ4n) is 4.36. The highest BCUT2D eigenvalue weighted by Gasteiger charge is 2.17. The molecule has 1 heterocycles. The van der Waals surface area contributed by atoms with Crippen LogP contribution < -0.4 is 0 Å². The summed E-state index contributed by atoms with van der Waals surface area (Å²) in [5, 5.41) is 2.82. The van der Waals surface area contributed by atoms with Gasteiger partial charge in [-0.2, -0.15) is 0 Å². The number of aromatic nitrogens is 1. The first-order valence-electron chi connectivity index (χ1n) is 10.8. The maximum absolute atomic E-state index is 2.67. The molecular weight excluding hydrogens is 314 g/mol. The van der Waals surface area contributed by atoms with Crippen molar-refractivity contribution in [2.75, 3.05) is 0 Å². The van der Waals surface area contributed by atoms with E-state index in [-0.39, 0.29) is 0 Å². The van der Waals surface area contributed by atoms with E-state index in [1.165, 1.54) is 86.0 Å². The van der Waals surface area contributed by atoms with Gasteiger partial charge in [0.05, 0.1) is 0 Å². The third kappa shape index (κ3) is 4.31. The lowest BCUT2D eigenvalue weighted by molar-refractivity contribution is 0.413. The Bertz CT molecular complexity index is 733. The van der Waals surface area contributed by atoms with Gasteiger partial charge in [-0.15, -0.1) is 0 Å². The van der Waals surface area contributed by atoms with E-state index in [9.17, 15) is 0 Å². The summed E-state index contributed by atoms with van der Waals surface area (Å²) in [5.41, 5.74) is 2.84. The zero-order valence-electron chi connectivity index (χ0n) is 16.7. The van der Waals surface area contributed by atoms with Gasteiger partial charge in [0.25, 0.3) is 0 Å². The van der Waals surface area contributed by atoms with Gasteiger partial charge in [0, 0.05) is 27.8 Å². The summed E-state index contributed by atoms with van der Waals surface area (Å²) in [6.45, 7) is 4.60. The van der Waals surface area contributed by atoms with E-state index >= 15 is 0 Å². The molecule has 0 aliphatic rings. The van der Waals surface area contributed by atoms with Crippen molar-refractivity contribution in [3.63, 3.8) is 0 Å². The summed E-state index contributed by atoms with van der Waals surface area (Å²) in [7, 11) is 0. The van der Waals surface area contributed by atoms with Crippen LogP contribution in [-0.4, -0.2) is 4.57 Å². The van der Waals surface area contributed by atoms with E-state index in [1.54, 1.807) is 0 Å². The Kier molecular flexibility index (Phi) is 7.17. The molecule has 0 N–H and O–H groups in total. The van der Waals surface area contributed by atoms with Crippen LogP contribution in [0.15, 0.2) is 48.5 Å². The molecule has 0 radical (unpaired) electrons. The molecule has 3 rings (SSSR count). The van der Waals surface area contributed by atoms with Crippen molar-refractivity contribution >= 4 is 21.8 Å². The van der Waals surface area contributed by atoms with Gasteiger partial charge in [0.15, 0.2) is 0 Å². The Morgan fingerprint density at radius 3 is 1.54 bits per heavy atom. The molecule has 0 aliphatic carbocycles. The van der Waals surface area contributed by atoms with E-state index in [0.717, 1.165) is 0 Å². The quantitative estimate of drug-likeness (QED) is 0.307. The Labute approximate surface area is 159 Å². The van der Waals surface area contributed by atoms with Crippen molar-refractivity contribution in [3.8, 4) is 0 Å². The smallest absolute Gasteiger partial charge is 0.0493 e. The van der Waals surface area contributed by atoms with Crippen molar-refractivity contribution in [3.05, 3.63) is 48.5 Å². The largest absolute Gasteiger partial charge is 0.337 e. The van der Waals surface area contributed by atoms with Crippen LogP contribution in [0.5, 0.6) is 0 Å². The number of rotatable bonds is 11. The monoisotopic (exact) mass is 349 g/mol. The number of fused-ring (bicyclic) bond motifs is 3. The predicted molar refractivity (Wildman–Crippen MR) is 116 cm³/mol. The highest BCUT2D eigenvalue weighted by molar-refractivity contribution is 6.08. The molecule has 0 aliphatic heterocycles. The molecule has 0 unspecified atom stereocenters. The Hall–Kier alpha value is -1.76. The van der Waals surface area contributed by atoms with Crippen LogP contribution >= 0.6 is 0 Å². The minimum Gasteiger partial charge on any atom is -0.337 e. The predicted octanol–water partition coefficient (Wildman–Crippen LogP) is 8.28. The molecule has 0 saturated carbocycles. The van der Waals surface area contributed by atoms with E-state index < -0.39 is 0 Å². The minimum absolute atomic E-state index is 0.633. The zero-order valence-corrected chi connectivity index (χ0v) is 16.7. The third-order valence-corrected chi connectivity index (χ3v) is 5.76. The molecule has 2 aromatic carbocycles. The van der Waals surface area contributed by atoms with Crippen molar-refractivity contribution in [2.24, 2.45) is 0 Å². The molecule has 1 aromatic heterocycles. The third-order valence-electron chi connectivity index (χ3n) is 5.76. The van der Waals surface area contributed by atoms with E-state index in [2.05, 4.69) is 66.9 Å². The standard InChI is InChI=1S/C25H35N/c1-3-5-7-9-15-21(16-10-8-6-4-2)26-24-19-13-11-17-22(24)23-18-12-14-20-25(23)26/h11-14,17-21H,3-10,15-16H2,1-2H3. The molecule has 3 aromatic rings. The van der Waals surface area contributed by atoms with E-state index in [1.807, 2.05) is 0 Å². The molecule has 1 heteroatoms. The van der Waals surface area contributed by atoms with Gasteiger partial charge >= 0.3 is 0 Å². The van der Waals surface area contributed by atoms with Gasteiger partial charge < -0.3 is 4.57 Å². The van der Waals surface area contributed by atoms with Crippen LogP contribution in [0.1, 0.15) is 84.1 Å². The summed E-state index contributed by atoms with van der Waals surface area (Å²) in [5.74, 6) is 0. The van der Waals surface area contributed by atoms with Gasteiger partial charge in [0.2, 0.25) is 0 Å². The average Bonchev–Trinajstić information content (AvgIpc) is 3.01. The lowest BCUT2D eigenvalue weighted by Crippen LogP contribution is -2.09. The van der Waals surface area contributed by atoms with Gasteiger partial charge in [-0.05, 0) is 25.0 Å². The fraction of sp³-hybridized carbons (Fsp3) is 0.520. The van der Waals surface area contributed by atoms with Crippen LogP contribution in [0.25, 0.3) is 21.8 Å². The molecule has 0 atom stereocenters. The van der Waals surface area contributed by atoms with Crippen molar-refractivity contribution < 1.29 is 0 Å². The summed E-state index contributed by atoms with van der Waals surface area (Å²) >= 11 is 0. The van der Waals surface area contributed by atoms with Crippen molar-refractivity contribution in [2.45, 2.75) is 84.1 Å². The second kappa shape index (κ2) is 9.80. The van der Waals surface area contributed by atoms with Gasteiger partial charge in [-0.1, -0.05) is 102 Å². The summed E-state index contributed by atoms with van der Waals surface area (Å²) in [4.78, 5) is 0. The molecular formula is C25H35N. The number of nitrogens with zero attached hydrogens (tertiary/aromatic N) is 1. The SMILES string of the molecule is CCCCCCC(CCCCCC)n1c2ccccc2c2ccccc21. The average molecular weight is 350 g/mol. The van der Waals surface area contributed by atoms with Crippen LogP contribution in [0.3, 0.4) is 0 Å². The van der Waals surface area contributed by atoms with Crippen LogP contribution in [-0.2, 0) is 0 Å². The molecule has 0 saturated heterocycles. The Morgan fingerprint density at radius 1 is 0.615 bits per heavy atom. The second-order valence-corrected chi connectivity index (χ2v) is 7.76. The molecule has 0 bridgehead atoms. The van der Waals surface area contributed by atoms with Gasteiger partial charge in [-0.3, -0.25) is 0 Å². The maximum Gasteiger partial charge on any atom is 0.0493 e. The van der Waals surface area contributed by atoms with E-state index in [0.29, 0.717) is 6.04 Å². The topological polar surface area (TPSA) is 4.93 Å². The highest BCUT2D eigenvalue weighted by Crippen LogP contribution is 2.35. The first-order chi connectivity index (χ1) is 12.9. The van der Waals surface area contributed by atoms with Crippen LogP contribution in [0, 0.1) is 0 Å².